The molecule has 1 aromatic carbocycles. The minimum Gasteiger partial charge on any atom is -1.00 e. The fraction of sp³-hybridized carbons (Fsp3) is 0.467. The van der Waals surface area contributed by atoms with Gasteiger partial charge in [0.05, 0.1) is 18.2 Å². The summed E-state index contributed by atoms with van der Waals surface area (Å²) in [5.74, 6) is -1.50. The third-order valence-corrected chi connectivity index (χ3v) is 3.78. The molecule has 5 atom stereocenters. The van der Waals surface area contributed by atoms with E-state index in [4.69, 9.17) is 9.84 Å². The van der Waals surface area contributed by atoms with Crippen LogP contribution in [0.3, 0.4) is 0 Å². The number of carbonyl (C=O) groups is 2. The number of nitrogens with one attached hydrogen (secondary N) is 1. The number of aliphatic hydroxyl groups is 3. The van der Waals surface area contributed by atoms with Crippen LogP contribution in [-0.4, -0.2) is 63.3 Å². The number of hydrogen-bond acceptors (Lipinski definition) is 6. The monoisotopic (exact) mass is 349 g/mol. The summed E-state index contributed by atoms with van der Waals surface area (Å²) in [5.41, 5.74) is 0.595. The molecule has 0 radical (unpaired) electrons. The average Bonchev–Trinajstić information content (AvgIpc) is 2.52. The van der Waals surface area contributed by atoms with Gasteiger partial charge in [-0.1, -0.05) is 12.1 Å². The Morgan fingerprint density at radius 1 is 1.21 bits per heavy atom. The summed E-state index contributed by atoms with van der Waals surface area (Å²) >= 11 is 0. The molecule has 9 heteroatoms. The molecule has 0 unspecified atom stereocenters. The van der Waals surface area contributed by atoms with Crippen molar-refractivity contribution in [1.29, 1.82) is 0 Å². The molecule has 128 valence electrons. The van der Waals surface area contributed by atoms with Crippen LogP contribution in [0, 0.1) is 0 Å². The van der Waals surface area contributed by atoms with E-state index in [0.29, 0.717) is 5.56 Å². The third kappa shape index (κ3) is 4.54. The standard InChI is InChI=1S/C15H19NO7.Na.H/c1-7(18)16-11-13(20)12(19)10(6-17)23-14(11)8-2-4-9(5-3-8)15(21)22;;/h2-5,10-14,17,19-20H,6H2,1H3,(H,16,18)(H,21,22);;/q;+1;-1/t10-,11+,12-,13-,14+;;/m1../s1. The summed E-state index contributed by atoms with van der Waals surface area (Å²) in [5, 5.41) is 40.9. The Morgan fingerprint density at radius 2 is 1.79 bits per heavy atom. The molecule has 0 spiro atoms. The van der Waals surface area contributed by atoms with Gasteiger partial charge < -0.3 is 31.9 Å². The fourth-order valence-corrected chi connectivity index (χ4v) is 2.61. The second kappa shape index (κ2) is 8.91. The van der Waals surface area contributed by atoms with E-state index in [-0.39, 0.29) is 36.5 Å². The number of aliphatic hydroxyl groups excluding tert-OH is 3. The van der Waals surface area contributed by atoms with Crippen molar-refractivity contribution in [3.05, 3.63) is 35.4 Å². The first-order valence-electron chi connectivity index (χ1n) is 7.08. The van der Waals surface area contributed by atoms with Crippen molar-refractivity contribution in [1.82, 2.24) is 5.32 Å². The van der Waals surface area contributed by atoms with Crippen LogP contribution in [-0.2, 0) is 9.53 Å². The van der Waals surface area contributed by atoms with Crippen molar-refractivity contribution in [3.8, 4) is 0 Å². The number of carboxylic acids is 1. The van der Waals surface area contributed by atoms with Gasteiger partial charge in [0, 0.05) is 6.92 Å². The summed E-state index contributed by atoms with van der Waals surface area (Å²) in [6.07, 6.45) is -4.54. The van der Waals surface area contributed by atoms with Crippen LogP contribution in [0.4, 0.5) is 0 Å². The zero-order valence-electron chi connectivity index (χ0n) is 14.4. The fourth-order valence-electron chi connectivity index (χ4n) is 2.61. The normalized spacial score (nSPS) is 29.4. The molecule has 1 fully saturated rings. The maximum Gasteiger partial charge on any atom is 1.00 e. The first-order chi connectivity index (χ1) is 10.8. The second-order valence-electron chi connectivity index (χ2n) is 5.41. The van der Waals surface area contributed by atoms with Gasteiger partial charge in [-0.25, -0.2) is 4.79 Å². The molecule has 0 aromatic heterocycles. The van der Waals surface area contributed by atoms with Gasteiger partial charge in [0.2, 0.25) is 5.91 Å². The molecule has 0 aliphatic carbocycles. The van der Waals surface area contributed by atoms with Crippen molar-refractivity contribution in [2.24, 2.45) is 0 Å². The number of carboxylic acid groups (broad SMARTS) is 1. The molecule has 0 saturated carbocycles. The Kier molecular flexibility index (Phi) is 7.81. The Morgan fingerprint density at radius 3 is 2.25 bits per heavy atom. The van der Waals surface area contributed by atoms with Gasteiger partial charge in [0.25, 0.3) is 0 Å². The van der Waals surface area contributed by atoms with Crippen molar-refractivity contribution in [2.45, 2.75) is 37.4 Å². The van der Waals surface area contributed by atoms with Crippen LogP contribution >= 0.6 is 0 Å². The van der Waals surface area contributed by atoms with Gasteiger partial charge in [-0.3, -0.25) is 4.79 Å². The summed E-state index contributed by atoms with van der Waals surface area (Å²) < 4.78 is 5.60. The topological polar surface area (TPSA) is 136 Å². The van der Waals surface area contributed by atoms with Gasteiger partial charge in [0.15, 0.2) is 0 Å². The first-order valence-corrected chi connectivity index (χ1v) is 7.08. The third-order valence-electron chi connectivity index (χ3n) is 3.78. The Labute approximate surface area is 162 Å². The van der Waals surface area contributed by atoms with Crippen molar-refractivity contribution in [2.75, 3.05) is 6.61 Å². The number of rotatable bonds is 4. The maximum atomic E-state index is 11.3. The number of hydrogen-bond donors (Lipinski definition) is 5. The van der Waals surface area contributed by atoms with Crippen LogP contribution in [0.25, 0.3) is 0 Å². The van der Waals surface area contributed by atoms with E-state index < -0.39 is 48.9 Å². The van der Waals surface area contributed by atoms with Crippen LogP contribution in [0.5, 0.6) is 0 Å². The van der Waals surface area contributed by atoms with Crippen molar-refractivity contribution < 1.29 is 65.7 Å². The van der Waals surface area contributed by atoms with E-state index in [1.807, 2.05) is 0 Å². The molecule has 1 aliphatic heterocycles. The molecule has 1 saturated heterocycles. The number of ether oxygens (including phenoxy) is 1. The van der Waals surface area contributed by atoms with E-state index in [0.717, 1.165) is 0 Å². The average molecular weight is 349 g/mol. The van der Waals surface area contributed by atoms with Crippen molar-refractivity contribution in [3.63, 3.8) is 0 Å². The smallest absolute Gasteiger partial charge is 1.00 e. The number of aromatic carboxylic acids is 1. The SMILES string of the molecule is CC(=O)N[C@H]1[C@@H](O)[C@H](O)[C@@H](CO)O[C@H]1c1ccc(C(=O)O)cc1.[H-].[Na+]. The molecule has 5 N–H and O–H groups in total. The molecule has 2 rings (SSSR count). The van der Waals surface area contributed by atoms with E-state index in [2.05, 4.69) is 5.32 Å². The van der Waals surface area contributed by atoms with E-state index in [1.165, 1.54) is 31.2 Å². The molecular formula is C15H20NNaO7. The molecule has 0 bridgehead atoms. The number of amides is 1. The van der Waals surface area contributed by atoms with Crippen molar-refractivity contribution >= 4 is 11.9 Å². The predicted molar refractivity (Wildman–Crippen MR) is 78.8 cm³/mol. The molecule has 1 amide bonds. The Bertz CT molecular complexity index is 586. The zero-order chi connectivity index (χ0) is 17.1. The van der Waals surface area contributed by atoms with Gasteiger partial charge in [-0.05, 0) is 17.7 Å². The van der Waals surface area contributed by atoms with Crippen LogP contribution < -0.4 is 34.9 Å². The van der Waals surface area contributed by atoms with E-state index >= 15 is 0 Å². The number of benzene rings is 1. The summed E-state index contributed by atoms with van der Waals surface area (Å²) in [6, 6.07) is 4.82. The molecular weight excluding hydrogens is 329 g/mol. The minimum absolute atomic E-state index is 0. The summed E-state index contributed by atoms with van der Waals surface area (Å²) in [4.78, 5) is 22.2. The molecule has 1 aliphatic rings. The predicted octanol–water partition coefficient (Wildman–Crippen LogP) is -3.84. The molecule has 8 nitrogen and oxygen atoms in total. The van der Waals surface area contributed by atoms with Crippen LogP contribution in [0.2, 0.25) is 0 Å². The Balaban J connectivity index is 0.00000288. The zero-order valence-corrected chi connectivity index (χ0v) is 15.4. The van der Waals surface area contributed by atoms with Gasteiger partial charge in [0.1, 0.15) is 24.4 Å². The van der Waals surface area contributed by atoms with Crippen LogP contribution in [0.1, 0.15) is 30.4 Å². The van der Waals surface area contributed by atoms with E-state index in [1.54, 1.807) is 0 Å². The quantitative estimate of drug-likeness (QED) is 0.351. The molecule has 1 aromatic rings. The van der Waals surface area contributed by atoms with Gasteiger partial charge in [-0.2, -0.15) is 0 Å². The van der Waals surface area contributed by atoms with Gasteiger partial charge >= 0.3 is 35.5 Å². The molecule has 24 heavy (non-hydrogen) atoms. The minimum atomic E-state index is -1.36. The Hall–Kier alpha value is -1.000. The molecule has 1 heterocycles. The largest absolute Gasteiger partial charge is 1.00 e. The summed E-state index contributed by atoms with van der Waals surface area (Å²) in [6.45, 7) is 0.760. The van der Waals surface area contributed by atoms with E-state index in [9.17, 15) is 24.9 Å². The number of carbonyl (C=O) groups excluding carboxylic acids is 1. The summed E-state index contributed by atoms with van der Waals surface area (Å²) in [7, 11) is 0. The maximum absolute atomic E-state index is 11.3. The second-order valence-corrected chi connectivity index (χ2v) is 5.41. The van der Waals surface area contributed by atoms with Crippen LogP contribution in [0.15, 0.2) is 24.3 Å². The van der Waals surface area contributed by atoms with Gasteiger partial charge in [-0.15, -0.1) is 0 Å². The first kappa shape index (κ1) is 21.0.